The first-order valence-electron chi connectivity index (χ1n) is 9.98. The fraction of sp³-hybridized carbons (Fsp3) is 0.409. The first-order chi connectivity index (χ1) is 14.8. The second-order valence-electron chi connectivity index (χ2n) is 7.66. The van der Waals surface area contributed by atoms with Gasteiger partial charge in [-0.2, -0.15) is 0 Å². The van der Waals surface area contributed by atoms with Crippen LogP contribution < -0.4 is 5.73 Å². The van der Waals surface area contributed by atoms with Crippen LogP contribution in [0.25, 0.3) is 0 Å². The molecule has 0 aliphatic carbocycles. The number of benzene rings is 1. The van der Waals surface area contributed by atoms with Crippen molar-refractivity contribution in [1.29, 1.82) is 0 Å². The van der Waals surface area contributed by atoms with Crippen molar-refractivity contribution < 1.29 is 24.2 Å². The zero-order chi connectivity index (χ0) is 22.7. The highest BCUT2D eigenvalue weighted by Gasteiger charge is 2.57. The number of esters is 1. The zero-order valence-electron chi connectivity index (χ0n) is 17.6. The Kier molecular flexibility index (Phi) is 7.19. The third kappa shape index (κ3) is 4.68. The van der Waals surface area contributed by atoms with E-state index in [1.165, 1.54) is 22.7 Å². The van der Waals surface area contributed by atoms with Crippen molar-refractivity contribution in [3.8, 4) is 0 Å². The van der Waals surface area contributed by atoms with Gasteiger partial charge in [0.15, 0.2) is 0 Å². The van der Waals surface area contributed by atoms with E-state index in [0.717, 1.165) is 5.56 Å². The van der Waals surface area contributed by atoms with Crippen LogP contribution in [0, 0.1) is 5.92 Å². The van der Waals surface area contributed by atoms with E-state index in [2.05, 4.69) is 6.58 Å². The van der Waals surface area contributed by atoms with Crippen molar-refractivity contribution in [2.24, 2.45) is 11.7 Å². The minimum Gasteiger partial charge on any atom is -0.457 e. The number of aliphatic hydroxyl groups excluding tert-OH is 1. The number of carbonyl (C=O) groups is 3. The Balaban J connectivity index is 1.84. The number of aliphatic hydroxyl groups is 1. The second kappa shape index (κ2) is 9.67. The molecule has 166 valence electrons. The monoisotopic (exact) mass is 445 g/mol. The number of carbonyl (C=O) groups excluding carboxylic acids is 3. The zero-order valence-corrected chi connectivity index (χ0v) is 18.4. The maximum Gasteiger partial charge on any atom is 0.356 e. The molecule has 1 aromatic carbocycles. The molecule has 8 nitrogen and oxygen atoms in total. The number of ether oxygens (including phenoxy) is 1. The average Bonchev–Trinajstić information content (AvgIpc) is 3.04. The number of hydrogen-bond donors (Lipinski definition) is 2. The standard InChI is InChI=1S/C22H27N3O5S/c1-4-10-30-22(29)18-16(31-21-17(13(2)26)20(28)25(18)21)12-24(3)15(19(23)27)11-14-8-6-5-7-9-14/h4-9,13,15,17,21,26H,1,10-12H2,2-3H3,(H2,23,27)/t13-,15+,17+,21-/m1/s1. The van der Waals surface area contributed by atoms with Gasteiger partial charge in [-0.05, 0) is 26.0 Å². The number of fused-ring (bicyclic) bond motifs is 1. The van der Waals surface area contributed by atoms with Crippen LogP contribution in [-0.2, 0) is 25.5 Å². The molecule has 1 aromatic rings. The summed E-state index contributed by atoms with van der Waals surface area (Å²) in [6.45, 7) is 5.34. The minimum absolute atomic E-state index is 0.0145. The lowest BCUT2D eigenvalue weighted by atomic mass is 9.92. The van der Waals surface area contributed by atoms with Gasteiger partial charge in [-0.25, -0.2) is 4.79 Å². The van der Waals surface area contributed by atoms with Crippen LogP contribution in [0.4, 0.5) is 0 Å². The van der Waals surface area contributed by atoms with Crippen molar-refractivity contribution in [1.82, 2.24) is 9.80 Å². The third-order valence-electron chi connectivity index (χ3n) is 5.42. The minimum atomic E-state index is -0.833. The van der Waals surface area contributed by atoms with Crippen LogP contribution in [0.1, 0.15) is 12.5 Å². The van der Waals surface area contributed by atoms with Crippen molar-refractivity contribution in [2.75, 3.05) is 20.2 Å². The smallest absolute Gasteiger partial charge is 0.356 e. The van der Waals surface area contributed by atoms with Gasteiger partial charge in [-0.1, -0.05) is 43.0 Å². The van der Waals surface area contributed by atoms with Crippen LogP contribution >= 0.6 is 11.8 Å². The summed E-state index contributed by atoms with van der Waals surface area (Å²) >= 11 is 1.34. The maximum absolute atomic E-state index is 12.7. The molecule has 0 bridgehead atoms. The summed E-state index contributed by atoms with van der Waals surface area (Å²) < 4.78 is 5.19. The van der Waals surface area contributed by atoms with E-state index in [1.54, 1.807) is 18.9 Å². The molecule has 2 aliphatic heterocycles. The lowest BCUT2D eigenvalue weighted by molar-refractivity contribution is -0.158. The molecule has 0 unspecified atom stereocenters. The van der Waals surface area contributed by atoms with E-state index in [0.29, 0.717) is 11.3 Å². The first-order valence-corrected chi connectivity index (χ1v) is 10.9. The molecule has 3 N–H and O–H groups in total. The van der Waals surface area contributed by atoms with Gasteiger partial charge in [-0.3, -0.25) is 19.4 Å². The Labute approximate surface area is 185 Å². The molecule has 2 aliphatic rings. The number of likely N-dealkylation sites (N-methyl/N-ethyl adjacent to an activating group) is 1. The summed E-state index contributed by atoms with van der Waals surface area (Å²) in [5, 5.41) is 9.60. The highest BCUT2D eigenvalue weighted by Crippen LogP contribution is 2.50. The van der Waals surface area contributed by atoms with Gasteiger partial charge in [0.2, 0.25) is 11.8 Å². The van der Waals surface area contributed by atoms with Crippen molar-refractivity contribution in [3.63, 3.8) is 0 Å². The van der Waals surface area contributed by atoms with Crippen molar-refractivity contribution >= 4 is 29.5 Å². The van der Waals surface area contributed by atoms with Crippen LogP contribution in [0.3, 0.4) is 0 Å². The number of rotatable bonds is 10. The third-order valence-corrected chi connectivity index (χ3v) is 6.78. The topological polar surface area (TPSA) is 113 Å². The maximum atomic E-state index is 12.7. The van der Waals surface area contributed by atoms with Gasteiger partial charge < -0.3 is 15.6 Å². The molecule has 2 heterocycles. The van der Waals surface area contributed by atoms with Gasteiger partial charge >= 0.3 is 5.97 Å². The Morgan fingerprint density at radius 3 is 2.65 bits per heavy atom. The summed E-state index contributed by atoms with van der Waals surface area (Å²) in [6.07, 6.45) is 1.03. The largest absolute Gasteiger partial charge is 0.457 e. The summed E-state index contributed by atoms with van der Waals surface area (Å²) in [5.74, 6) is -2.01. The molecule has 0 spiro atoms. The molecule has 1 saturated heterocycles. The molecule has 9 heteroatoms. The van der Waals surface area contributed by atoms with E-state index in [1.807, 2.05) is 30.3 Å². The molecular weight excluding hydrogens is 418 g/mol. The Morgan fingerprint density at radius 1 is 1.39 bits per heavy atom. The summed E-state index contributed by atoms with van der Waals surface area (Å²) in [5.41, 5.74) is 6.79. The van der Waals surface area contributed by atoms with E-state index in [9.17, 15) is 19.5 Å². The number of β-lactam (4-membered cyclic amide) rings is 1. The fourth-order valence-electron chi connectivity index (χ4n) is 3.81. The van der Waals surface area contributed by atoms with E-state index in [-0.39, 0.29) is 30.1 Å². The molecule has 0 radical (unpaired) electrons. The van der Waals surface area contributed by atoms with E-state index >= 15 is 0 Å². The van der Waals surface area contributed by atoms with Gasteiger partial charge in [0.25, 0.3) is 0 Å². The molecular formula is C22H27N3O5S. The van der Waals surface area contributed by atoms with Gasteiger partial charge in [0.05, 0.1) is 18.1 Å². The van der Waals surface area contributed by atoms with Crippen molar-refractivity contribution in [3.05, 3.63) is 59.2 Å². The average molecular weight is 446 g/mol. The molecule has 3 rings (SSSR count). The molecule has 1 fully saturated rings. The summed E-state index contributed by atoms with van der Waals surface area (Å²) in [7, 11) is 1.75. The van der Waals surface area contributed by atoms with Gasteiger partial charge in [-0.15, -0.1) is 11.8 Å². The number of hydrogen-bond acceptors (Lipinski definition) is 7. The highest BCUT2D eigenvalue weighted by molar-refractivity contribution is 8.04. The predicted molar refractivity (Wildman–Crippen MR) is 117 cm³/mol. The van der Waals surface area contributed by atoms with Gasteiger partial charge in [0, 0.05) is 11.4 Å². The number of primary amides is 1. The number of thioether (sulfide) groups is 1. The second-order valence-corrected chi connectivity index (χ2v) is 8.88. The lowest BCUT2D eigenvalue weighted by Crippen LogP contribution is -2.60. The molecule has 0 aromatic heterocycles. The Hall–Kier alpha value is -2.62. The first kappa shape index (κ1) is 23.1. The normalized spacial score (nSPS) is 22.1. The fourth-order valence-corrected chi connectivity index (χ4v) is 5.47. The lowest BCUT2D eigenvalue weighted by Gasteiger charge is -2.43. The summed E-state index contributed by atoms with van der Waals surface area (Å²) in [4.78, 5) is 41.2. The Bertz CT molecular complexity index is 902. The highest BCUT2D eigenvalue weighted by atomic mass is 32.2. The van der Waals surface area contributed by atoms with Crippen molar-refractivity contribution in [2.45, 2.75) is 30.9 Å². The van der Waals surface area contributed by atoms with Crippen LogP contribution in [0.2, 0.25) is 0 Å². The summed E-state index contributed by atoms with van der Waals surface area (Å²) in [6, 6.07) is 8.92. The van der Waals surface area contributed by atoms with E-state index in [4.69, 9.17) is 10.5 Å². The number of amides is 2. The van der Waals surface area contributed by atoms with E-state index < -0.39 is 29.9 Å². The Morgan fingerprint density at radius 2 is 2.06 bits per heavy atom. The molecule has 31 heavy (non-hydrogen) atoms. The molecule has 0 saturated carbocycles. The predicted octanol–water partition coefficient (Wildman–Crippen LogP) is 0.868. The van der Waals surface area contributed by atoms with Crippen LogP contribution in [-0.4, -0.2) is 70.4 Å². The molecule has 2 amide bonds. The number of nitrogens with zero attached hydrogens (tertiary/aromatic N) is 2. The SMILES string of the molecule is C=CCOC(=O)C1=C(CN(C)[C@@H](Cc2ccccc2)C(N)=O)S[C@@H]2[C@@H]([C@@H](C)O)C(=O)N12. The quantitative estimate of drug-likeness (QED) is 0.312. The molecule has 4 atom stereocenters. The van der Waals surface area contributed by atoms with Crippen LogP contribution in [0.15, 0.2) is 53.6 Å². The number of nitrogens with two attached hydrogens (primary N) is 1. The van der Waals surface area contributed by atoms with Gasteiger partial charge in [0.1, 0.15) is 17.7 Å². The van der Waals surface area contributed by atoms with Crippen LogP contribution in [0.5, 0.6) is 0 Å².